The van der Waals surface area contributed by atoms with Crippen molar-refractivity contribution in [2.75, 3.05) is 12.8 Å². The van der Waals surface area contributed by atoms with Crippen molar-refractivity contribution >= 4 is 15.7 Å². The second kappa shape index (κ2) is 6.27. The zero-order chi connectivity index (χ0) is 16.2. The lowest BCUT2D eigenvalue weighted by atomic mass is 10.0. The van der Waals surface area contributed by atoms with Gasteiger partial charge in [-0.15, -0.1) is 12.3 Å². The van der Waals surface area contributed by atoms with Gasteiger partial charge in [-0.25, -0.2) is 13.4 Å². The van der Waals surface area contributed by atoms with Crippen molar-refractivity contribution in [2.45, 2.75) is 30.7 Å². The van der Waals surface area contributed by atoms with Gasteiger partial charge in [0.1, 0.15) is 12.0 Å². The average Bonchev–Trinajstić information content (AvgIpc) is 3.05. The minimum Gasteiger partial charge on any atom is -0.447 e. The van der Waals surface area contributed by atoms with Crippen LogP contribution in [0, 0.1) is 12.3 Å². The number of terminal acetylenes is 1. The van der Waals surface area contributed by atoms with E-state index in [0.717, 1.165) is 12.5 Å². The van der Waals surface area contributed by atoms with Crippen LogP contribution in [0.25, 0.3) is 0 Å². The van der Waals surface area contributed by atoms with E-state index in [1.807, 2.05) is 0 Å². The number of rotatable bonds is 8. The van der Waals surface area contributed by atoms with Gasteiger partial charge in [0.25, 0.3) is 5.91 Å². The molecule has 1 aromatic heterocycles. The quantitative estimate of drug-likeness (QED) is 0.714. The SMILES string of the molecule is C#CCCC1(CCNC(=O)c2coc(CS(C)(=O)=O)n2)N=N1. The number of nitrogens with zero attached hydrogens (tertiary/aromatic N) is 3. The standard InChI is InChI=1S/C13H16N4O4S/c1-3-4-5-13(16-17-13)6-7-14-12(18)10-8-21-11(15-10)9-22(2,19)20/h1,8H,4-7,9H2,2H3,(H,14,18). The Balaban J connectivity index is 1.80. The number of hydrogen-bond acceptors (Lipinski definition) is 7. The number of amides is 1. The highest BCUT2D eigenvalue weighted by Crippen LogP contribution is 2.35. The Morgan fingerprint density at radius 1 is 1.45 bits per heavy atom. The predicted molar refractivity (Wildman–Crippen MR) is 77.7 cm³/mol. The molecule has 8 nitrogen and oxygen atoms in total. The summed E-state index contributed by atoms with van der Waals surface area (Å²) in [4.78, 5) is 15.7. The molecule has 0 atom stereocenters. The van der Waals surface area contributed by atoms with E-state index in [4.69, 9.17) is 10.8 Å². The molecule has 0 saturated carbocycles. The van der Waals surface area contributed by atoms with Crippen LogP contribution in [0.2, 0.25) is 0 Å². The van der Waals surface area contributed by atoms with Gasteiger partial charge in [0.05, 0.1) is 0 Å². The van der Waals surface area contributed by atoms with Crippen LogP contribution in [0.3, 0.4) is 0 Å². The monoisotopic (exact) mass is 324 g/mol. The van der Waals surface area contributed by atoms with Crippen LogP contribution in [0.5, 0.6) is 0 Å². The lowest BCUT2D eigenvalue weighted by Crippen LogP contribution is -2.28. The third-order valence-electron chi connectivity index (χ3n) is 3.03. The van der Waals surface area contributed by atoms with Gasteiger partial charge in [-0.05, 0) is 0 Å². The molecule has 1 aliphatic heterocycles. The van der Waals surface area contributed by atoms with E-state index >= 15 is 0 Å². The number of nitrogens with one attached hydrogen (secondary N) is 1. The Morgan fingerprint density at radius 3 is 2.77 bits per heavy atom. The smallest absolute Gasteiger partial charge is 0.273 e. The first-order valence-electron chi connectivity index (χ1n) is 6.61. The summed E-state index contributed by atoms with van der Waals surface area (Å²) < 4.78 is 27.2. The minimum absolute atomic E-state index is 0.00895. The Labute approximate surface area is 128 Å². The molecule has 0 spiro atoms. The molecule has 0 unspecified atom stereocenters. The molecular weight excluding hydrogens is 308 g/mol. The summed E-state index contributed by atoms with van der Waals surface area (Å²) in [5.41, 5.74) is -0.411. The fourth-order valence-electron chi connectivity index (χ4n) is 1.84. The van der Waals surface area contributed by atoms with Gasteiger partial charge >= 0.3 is 0 Å². The number of carbonyl (C=O) groups excluding carboxylic acids is 1. The lowest BCUT2D eigenvalue weighted by molar-refractivity contribution is 0.0947. The van der Waals surface area contributed by atoms with Crippen molar-refractivity contribution in [1.29, 1.82) is 0 Å². The number of hydrogen-bond donors (Lipinski definition) is 1. The van der Waals surface area contributed by atoms with E-state index < -0.39 is 21.4 Å². The predicted octanol–water partition coefficient (Wildman–Crippen LogP) is 0.915. The molecular formula is C13H16N4O4S. The summed E-state index contributed by atoms with van der Waals surface area (Å²) in [7, 11) is -3.26. The third kappa shape index (κ3) is 4.66. The second-order valence-corrected chi connectivity index (χ2v) is 7.23. The van der Waals surface area contributed by atoms with Crippen LogP contribution in [0.4, 0.5) is 0 Å². The maximum Gasteiger partial charge on any atom is 0.273 e. The fraction of sp³-hybridized carbons (Fsp3) is 0.538. The van der Waals surface area contributed by atoms with Gasteiger partial charge in [0, 0.05) is 32.1 Å². The van der Waals surface area contributed by atoms with Gasteiger partial charge in [0.15, 0.2) is 21.2 Å². The molecule has 22 heavy (non-hydrogen) atoms. The Kier molecular flexibility index (Phi) is 4.61. The molecule has 9 heteroatoms. The van der Waals surface area contributed by atoms with Crippen LogP contribution in [-0.4, -0.2) is 37.8 Å². The van der Waals surface area contributed by atoms with E-state index in [1.165, 1.54) is 0 Å². The molecule has 0 radical (unpaired) electrons. The van der Waals surface area contributed by atoms with Crippen LogP contribution in [-0.2, 0) is 15.6 Å². The Morgan fingerprint density at radius 2 is 2.18 bits per heavy atom. The summed E-state index contributed by atoms with van der Waals surface area (Å²) in [5.74, 6) is 1.75. The molecule has 1 aromatic rings. The first kappa shape index (κ1) is 16.2. The van der Waals surface area contributed by atoms with Gasteiger partial charge in [0.2, 0.25) is 5.89 Å². The number of sulfone groups is 1. The van der Waals surface area contributed by atoms with Crippen LogP contribution < -0.4 is 5.32 Å². The maximum atomic E-state index is 11.9. The van der Waals surface area contributed by atoms with Crippen LogP contribution >= 0.6 is 0 Å². The Bertz CT molecular complexity index is 723. The van der Waals surface area contributed by atoms with E-state index in [1.54, 1.807) is 0 Å². The van der Waals surface area contributed by atoms with E-state index in [2.05, 4.69) is 26.4 Å². The Hall–Kier alpha value is -2.21. The average molecular weight is 324 g/mol. The van der Waals surface area contributed by atoms with Crippen LogP contribution in [0.15, 0.2) is 20.9 Å². The van der Waals surface area contributed by atoms with E-state index in [9.17, 15) is 13.2 Å². The van der Waals surface area contributed by atoms with E-state index in [0.29, 0.717) is 25.8 Å². The summed E-state index contributed by atoms with van der Waals surface area (Å²) in [6.45, 7) is 0.366. The minimum atomic E-state index is -3.26. The van der Waals surface area contributed by atoms with Crippen molar-refractivity contribution in [3.63, 3.8) is 0 Å². The van der Waals surface area contributed by atoms with Crippen LogP contribution in [0.1, 0.15) is 35.6 Å². The van der Waals surface area contributed by atoms with Crippen molar-refractivity contribution < 1.29 is 17.6 Å². The summed E-state index contributed by atoms with van der Waals surface area (Å²) in [5, 5.41) is 10.6. The molecule has 0 aromatic carbocycles. The lowest BCUT2D eigenvalue weighted by Gasteiger charge is -2.08. The van der Waals surface area contributed by atoms with E-state index in [-0.39, 0.29) is 17.3 Å². The fourth-order valence-corrected chi connectivity index (χ4v) is 2.42. The van der Waals surface area contributed by atoms with Crippen molar-refractivity contribution in [3.05, 3.63) is 17.8 Å². The molecule has 118 valence electrons. The second-order valence-electron chi connectivity index (χ2n) is 5.09. The molecule has 1 N–H and O–H groups in total. The van der Waals surface area contributed by atoms with Gasteiger partial charge < -0.3 is 9.73 Å². The number of aromatic nitrogens is 1. The molecule has 2 rings (SSSR count). The molecule has 0 saturated heterocycles. The van der Waals surface area contributed by atoms with Gasteiger partial charge in [-0.1, -0.05) is 0 Å². The summed E-state index contributed by atoms with van der Waals surface area (Å²) in [6, 6.07) is 0. The highest BCUT2D eigenvalue weighted by molar-refractivity contribution is 7.89. The first-order chi connectivity index (χ1) is 10.3. The highest BCUT2D eigenvalue weighted by Gasteiger charge is 2.38. The van der Waals surface area contributed by atoms with Crippen molar-refractivity contribution in [1.82, 2.24) is 10.3 Å². The maximum absolute atomic E-state index is 11.9. The summed E-state index contributed by atoms with van der Waals surface area (Å²) in [6.07, 6.45) is 9.21. The molecule has 2 heterocycles. The summed E-state index contributed by atoms with van der Waals surface area (Å²) >= 11 is 0. The topological polar surface area (TPSA) is 114 Å². The largest absolute Gasteiger partial charge is 0.447 e. The number of oxazole rings is 1. The number of carbonyl (C=O) groups is 1. The zero-order valence-corrected chi connectivity index (χ0v) is 12.9. The molecule has 1 aliphatic rings. The first-order valence-corrected chi connectivity index (χ1v) is 8.67. The molecule has 0 bridgehead atoms. The molecule has 0 fully saturated rings. The van der Waals surface area contributed by atoms with Gasteiger partial charge in [-0.2, -0.15) is 10.2 Å². The van der Waals surface area contributed by atoms with Gasteiger partial charge in [-0.3, -0.25) is 4.79 Å². The third-order valence-corrected chi connectivity index (χ3v) is 3.80. The zero-order valence-electron chi connectivity index (χ0n) is 12.1. The molecule has 0 aliphatic carbocycles. The normalized spacial score (nSPS) is 15.3. The van der Waals surface area contributed by atoms with Crippen molar-refractivity contribution in [2.24, 2.45) is 10.2 Å². The highest BCUT2D eigenvalue weighted by atomic mass is 32.2. The van der Waals surface area contributed by atoms with Crippen molar-refractivity contribution in [3.8, 4) is 12.3 Å². The molecule has 1 amide bonds.